The second-order valence-corrected chi connectivity index (χ2v) is 8.31. The van der Waals surface area contributed by atoms with Gasteiger partial charge in [0.05, 0.1) is 18.3 Å². The van der Waals surface area contributed by atoms with Crippen LogP contribution in [0.25, 0.3) is 0 Å². The topological polar surface area (TPSA) is 86.4 Å². The van der Waals surface area contributed by atoms with E-state index in [-0.39, 0.29) is 29.8 Å². The van der Waals surface area contributed by atoms with Crippen molar-refractivity contribution < 1.29 is 9.59 Å². The SMILES string of the molecule is O=C(NCc1cccs1)C1CCN(C(=O)C2CC(c3ccccn3)NN2)CC1. The summed E-state index contributed by atoms with van der Waals surface area (Å²) < 4.78 is 0. The van der Waals surface area contributed by atoms with E-state index in [1.54, 1.807) is 17.5 Å². The average Bonchev–Trinajstić information content (AvgIpc) is 3.44. The van der Waals surface area contributed by atoms with Gasteiger partial charge in [-0.2, -0.15) is 0 Å². The van der Waals surface area contributed by atoms with Gasteiger partial charge in [-0.05, 0) is 42.8 Å². The molecule has 4 rings (SSSR count). The van der Waals surface area contributed by atoms with Crippen LogP contribution in [0.1, 0.15) is 35.9 Å². The molecule has 2 unspecified atom stereocenters. The molecule has 2 amide bonds. The quantitative estimate of drug-likeness (QED) is 0.711. The molecule has 0 bridgehead atoms. The van der Waals surface area contributed by atoms with Gasteiger partial charge in [0.2, 0.25) is 11.8 Å². The molecular weight excluding hydrogens is 374 g/mol. The number of nitrogens with one attached hydrogen (secondary N) is 3. The summed E-state index contributed by atoms with van der Waals surface area (Å²) in [6, 6.07) is 9.59. The first-order chi connectivity index (χ1) is 13.7. The second kappa shape index (κ2) is 8.81. The van der Waals surface area contributed by atoms with E-state index in [1.165, 1.54) is 0 Å². The molecular formula is C20H25N5O2S. The Kier molecular flexibility index (Phi) is 5.99. The largest absolute Gasteiger partial charge is 0.351 e. The highest BCUT2D eigenvalue weighted by Crippen LogP contribution is 2.24. The normalized spacial score (nSPS) is 22.9. The fraction of sp³-hybridized carbons (Fsp3) is 0.450. The Bertz CT molecular complexity index is 790. The fourth-order valence-corrected chi connectivity index (χ4v) is 4.45. The zero-order chi connectivity index (χ0) is 19.3. The Morgan fingerprint density at radius 3 is 2.75 bits per heavy atom. The summed E-state index contributed by atoms with van der Waals surface area (Å²) in [4.78, 5) is 32.6. The van der Waals surface area contributed by atoms with Gasteiger partial charge in [0.15, 0.2) is 0 Å². The van der Waals surface area contributed by atoms with E-state index in [0.29, 0.717) is 38.9 Å². The van der Waals surface area contributed by atoms with E-state index >= 15 is 0 Å². The maximum Gasteiger partial charge on any atom is 0.241 e. The molecule has 28 heavy (non-hydrogen) atoms. The minimum Gasteiger partial charge on any atom is -0.351 e. The van der Waals surface area contributed by atoms with Crippen molar-refractivity contribution in [2.45, 2.75) is 37.9 Å². The number of carbonyl (C=O) groups excluding carboxylic acids is 2. The molecule has 0 radical (unpaired) electrons. The predicted octanol–water partition coefficient (Wildman–Crippen LogP) is 1.61. The lowest BCUT2D eigenvalue weighted by atomic mass is 9.95. The lowest BCUT2D eigenvalue weighted by Gasteiger charge is -2.32. The lowest BCUT2D eigenvalue weighted by Crippen LogP contribution is -2.49. The molecule has 2 atom stereocenters. The number of thiophene rings is 1. The van der Waals surface area contributed by atoms with Gasteiger partial charge in [-0.3, -0.25) is 14.6 Å². The van der Waals surface area contributed by atoms with Gasteiger partial charge in [0, 0.05) is 30.1 Å². The molecule has 0 aliphatic carbocycles. The van der Waals surface area contributed by atoms with E-state index in [0.717, 1.165) is 10.6 Å². The van der Waals surface area contributed by atoms with Gasteiger partial charge >= 0.3 is 0 Å². The summed E-state index contributed by atoms with van der Waals surface area (Å²) in [5, 5.41) is 5.03. The van der Waals surface area contributed by atoms with Crippen LogP contribution in [0.4, 0.5) is 0 Å². The second-order valence-electron chi connectivity index (χ2n) is 7.28. The molecule has 0 saturated carbocycles. The average molecular weight is 400 g/mol. The Morgan fingerprint density at radius 1 is 1.18 bits per heavy atom. The van der Waals surface area contributed by atoms with Crippen LogP contribution in [0.2, 0.25) is 0 Å². The molecule has 2 fully saturated rings. The number of hydrogen-bond donors (Lipinski definition) is 3. The van der Waals surface area contributed by atoms with Gasteiger partial charge in [-0.25, -0.2) is 10.9 Å². The summed E-state index contributed by atoms with van der Waals surface area (Å²) in [7, 11) is 0. The van der Waals surface area contributed by atoms with Gasteiger partial charge in [0.1, 0.15) is 6.04 Å². The number of amides is 2. The molecule has 3 N–H and O–H groups in total. The number of carbonyl (C=O) groups is 2. The van der Waals surface area contributed by atoms with Crippen LogP contribution in [0.3, 0.4) is 0 Å². The molecule has 4 heterocycles. The van der Waals surface area contributed by atoms with Gasteiger partial charge in [-0.1, -0.05) is 12.1 Å². The zero-order valence-corrected chi connectivity index (χ0v) is 16.5. The molecule has 2 aliphatic heterocycles. The third kappa shape index (κ3) is 4.40. The third-order valence-corrected chi connectivity index (χ3v) is 6.32. The van der Waals surface area contributed by atoms with Crippen molar-refractivity contribution in [2.24, 2.45) is 5.92 Å². The zero-order valence-electron chi connectivity index (χ0n) is 15.6. The Hall–Kier alpha value is -2.29. The van der Waals surface area contributed by atoms with Crippen LogP contribution in [-0.2, 0) is 16.1 Å². The summed E-state index contributed by atoms with van der Waals surface area (Å²) in [5.74, 6) is 0.180. The van der Waals surface area contributed by atoms with Crippen molar-refractivity contribution in [3.05, 3.63) is 52.5 Å². The van der Waals surface area contributed by atoms with E-state index < -0.39 is 0 Å². The molecule has 7 nitrogen and oxygen atoms in total. The molecule has 2 saturated heterocycles. The predicted molar refractivity (Wildman–Crippen MR) is 107 cm³/mol. The number of hydrogen-bond acceptors (Lipinski definition) is 6. The number of aromatic nitrogens is 1. The fourth-order valence-electron chi connectivity index (χ4n) is 3.81. The van der Waals surface area contributed by atoms with Gasteiger partial charge in [-0.15, -0.1) is 11.3 Å². The number of piperidine rings is 1. The third-order valence-electron chi connectivity index (χ3n) is 5.44. The first-order valence-corrected chi connectivity index (χ1v) is 10.6. The summed E-state index contributed by atoms with van der Waals surface area (Å²) in [6.07, 6.45) is 3.87. The highest BCUT2D eigenvalue weighted by molar-refractivity contribution is 7.09. The van der Waals surface area contributed by atoms with Crippen molar-refractivity contribution in [3.63, 3.8) is 0 Å². The van der Waals surface area contributed by atoms with Crippen LogP contribution < -0.4 is 16.2 Å². The van der Waals surface area contributed by atoms with E-state index in [1.807, 2.05) is 40.6 Å². The number of nitrogens with zero attached hydrogens (tertiary/aromatic N) is 2. The smallest absolute Gasteiger partial charge is 0.241 e. The summed E-state index contributed by atoms with van der Waals surface area (Å²) in [6.45, 7) is 1.84. The number of rotatable bonds is 5. The van der Waals surface area contributed by atoms with Crippen molar-refractivity contribution in [2.75, 3.05) is 13.1 Å². The standard InChI is InChI=1S/C20H25N5O2S/c26-19(22-13-15-4-3-11-28-15)14-6-9-25(10-7-14)20(27)18-12-17(23-24-18)16-5-1-2-8-21-16/h1-5,8,11,14,17-18,23-24H,6-7,9-10,12-13H2,(H,22,26). The highest BCUT2D eigenvalue weighted by Gasteiger charge is 2.35. The molecule has 148 valence electrons. The van der Waals surface area contributed by atoms with Crippen molar-refractivity contribution in [3.8, 4) is 0 Å². The maximum absolute atomic E-state index is 12.8. The molecule has 2 aliphatic rings. The first-order valence-electron chi connectivity index (χ1n) is 9.71. The van der Waals surface area contributed by atoms with Crippen molar-refractivity contribution in [1.82, 2.24) is 26.1 Å². The van der Waals surface area contributed by atoms with Crippen molar-refractivity contribution in [1.29, 1.82) is 0 Å². The lowest BCUT2D eigenvalue weighted by molar-refractivity contribution is -0.137. The van der Waals surface area contributed by atoms with Crippen LogP contribution in [0.15, 0.2) is 41.9 Å². The molecule has 8 heteroatoms. The monoisotopic (exact) mass is 399 g/mol. The number of likely N-dealkylation sites (tertiary alicyclic amines) is 1. The van der Waals surface area contributed by atoms with Crippen LogP contribution in [0.5, 0.6) is 0 Å². The Balaban J connectivity index is 1.23. The van der Waals surface area contributed by atoms with Crippen LogP contribution in [0, 0.1) is 5.92 Å². The maximum atomic E-state index is 12.8. The highest BCUT2D eigenvalue weighted by atomic mass is 32.1. The minimum absolute atomic E-state index is 0.0139. The van der Waals surface area contributed by atoms with Gasteiger partial charge < -0.3 is 10.2 Å². The van der Waals surface area contributed by atoms with Crippen molar-refractivity contribution >= 4 is 23.2 Å². The molecule has 0 spiro atoms. The number of hydrazine groups is 1. The molecule has 2 aromatic heterocycles. The Labute approximate surface area is 168 Å². The van der Waals surface area contributed by atoms with E-state index in [9.17, 15) is 9.59 Å². The molecule has 2 aromatic rings. The number of pyridine rings is 1. The van der Waals surface area contributed by atoms with Crippen LogP contribution >= 0.6 is 11.3 Å². The summed E-state index contributed by atoms with van der Waals surface area (Å²) >= 11 is 1.64. The molecule has 0 aromatic carbocycles. The minimum atomic E-state index is -0.254. The van der Waals surface area contributed by atoms with E-state index in [4.69, 9.17) is 0 Å². The van der Waals surface area contributed by atoms with Gasteiger partial charge in [0.25, 0.3) is 0 Å². The van der Waals surface area contributed by atoms with E-state index in [2.05, 4.69) is 21.2 Å². The first kappa shape index (κ1) is 19.0. The van der Waals surface area contributed by atoms with Crippen LogP contribution in [-0.4, -0.2) is 40.8 Å². The Morgan fingerprint density at radius 2 is 2.04 bits per heavy atom. The summed E-state index contributed by atoms with van der Waals surface area (Å²) in [5.41, 5.74) is 7.23.